The van der Waals surface area contributed by atoms with Gasteiger partial charge in [0.1, 0.15) is 0 Å². The molecule has 2 N–H and O–H groups in total. The molecule has 3 nitrogen and oxygen atoms in total. The van der Waals surface area contributed by atoms with Gasteiger partial charge in [-0.25, -0.2) is 0 Å². The van der Waals surface area contributed by atoms with Crippen molar-refractivity contribution in [3.63, 3.8) is 0 Å². The third-order valence-corrected chi connectivity index (χ3v) is 4.33. The average Bonchev–Trinajstić information content (AvgIpc) is 2.56. The molecule has 16 heavy (non-hydrogen) atoms. The van der Waals surface area contributed by atoms with Crippen molar-refractivity contribution in [3.05, 3.63) is 15.9 Å². The highest BCUT2D eigenvalue weighted by molar-refractivity contribution is 9.10. The number of aromatic nitrogens is 2. The van der Waals surface area contributed by atoms with Crippen molar-refractivity contribution in [2.75, 3.05) is 6.54 Å². The van der Waals surface area contributed by atoms with Crippen molar-refractivity contribution in [1.82, 2.24) is 9.78 Å². The van der Waals surface area contributed by atoms with Crippen molar-refractivity contribution >= 4 is 15.9 Å². The van der Waals surface area contributed by atoms with Gasteiger partial charge in [0, 0.05) is 19.4 Å². The summed E-state index contributed by atoms with van der Waals surface area (Å²) in [7, 11) is 2.05. The molecule has 1 aliphatic rings. The van der Waals surface area contributed by atoms with E-state index >= 15 is 0 Å². The van der Waals surface area contributed by atoms with Gasteiger partial charge in [0.15, 0.2) is 0 Å². The van der Waals surface area contributed by atoms with E-state index in [4.69, 9.17) is 5.73 Å². The van der Waals surface area contributed by atoms with Crippen molar-refractivity contribution in [2.24, 2.45) is 12.8 Å². The summed E-state index contributed by atoms with van der Waals surface area (Å²) in [5, 5.41) is 4.56. The summed E-state index contributed by atoms with van der Waals surface area (Å²) >= 11 is 3.70. The highest BCUT2D eigenvalue weighted by Gasteiger charge is 2.23. The lowest BCUT2D eigenvalue weighted by molar-refractivity contribution is 0.423. The van der Waals surface area contributed by atoms with Crippen LogP contribution in [0.3, 0.4) is 0 Å². The van der Waals surface area contributed by atoms with Crippen molar-refractivity contribution < 1.29 is 0 Å². The lowest BCUT2D eigenvalue weighted by Crippen LogP contribution is -2.09. The van der Waals surface area contributed by atoms with Gasteiger partial charge >= 0.3 is 0 Å². The number of nitrogens with two attached hydrogens (primary N) is 1. The molecule has 1 aromatic rings. The zero-order valence-corrected chi connectivity index (χ0v) is 11.5. The first-order valence-corrected chi connectivity index (χ1v) is 6.94. The van der Waals surface area contributed by atoms with Crippen LogP contribution in [0.2, 0.25) is 0 Å². The number of nitrogens with zero attached hydrogens (tertiary/aromatic N) is 2. The van der Waals surface area contributed by atoms with E-state index in [1.165, 1.54) is 42.3 Å². The fourth-order valence-corrected chi connectivity index (χ4v) is 3.54. The summed E-state index contributed by atoms with van der Waals surface area (Å²) in [4.78, 5) is 0. The van der Waals surface area contributed by atoms with Crippen molar-refractivity contribution in [3.8, 4) is 0 Å². The average molecular weight is 286 g/mol. The molecule has 1 heterocycles. The molecule has 1 aliphatic carbocycles. The Hall–Kier alpha value is -0.350. The van der Waals surface area contributed by atoms with E-state index in [1.54, 1.807) is 0 Å². The fraction of sp³-hybridized carbons (Fsp3) is 0.750. The summed E-state index contributed by atoms with van der Waals surface area (Å²) in [6, 6.07) is 0. The van der Waals surface area contributed by atoms with Gasteiger partial charge in [-0.1, -0.05) is 19.3 Å². The predicted octanol–water partition coefficient (Wildman–Crippen LogP) is 2.73. The topological polar surface area (TPSA) is 43.8 Å². The number of hydrogen-bond donors (Lipinski definition) is 1. The first-order chi connectivity index (χ1) is 7.74. The van der Waals surface area contributed by atoms with E-state index in [0.717, 1.165) is 12.1 Å². The maximum atomic E-state index is 5.60. The SMILES string of the molecule is Cn1nc(CCN)c(Br)c1C1CCCCC1. The van der Waals surface area contributed by atoms with Gasteiger partial charge in [-0.15, -0.1) is 0 Å². The maximum absolute atomic E-state index is 5.60. The Balaban J connectivity index is 2.24. The number of rotatable bonds is 3. The summed E-state index contributed by atoms with van der Waals surface area (Å²) in [5.41, 5.74) is 8.09. The van der Waals surface area contributed by atoms with E-state index < -0.39 is 0 Å². The molecule has 0 bridgehead atoms. The largest absolute Gasteiger partial charge is 0.330 e. The van der Waals surface area contributed by atoms with Crippen LogP contribution >= 0.6 is 15.9 Å². The summed E-state index contributed by atoms with van der Waals surface area (Å²) in [6.07, 6.45) is 7.58. The Bertz CT molecular complexity index is 353. The highest BCUT2D eigenvalue weighted by atomic mass is 79.9. The molecular formula is C12H20BrN3. The lowest BCUT2D eigenvalue weighted by atomic mass is 9.87. The second-order valence-corrected chi connectivity index (χ2v) is 5.44. The van der Waals surface area contributed by atoms with Crippen LogP contribution in [-0.2, 0) is 13.5 Å². The number of hydrogen-bond acceptors (Lipinski definition) is 2. The minimum absolute atomic E-state index is 0.666. The van der Waals surface area contributed by atoms with Gasteiger partial charge in [0.2, 0.25) is 0 Å². The van der Waals surface area contributed by atoms with Crippen LogP contribution in [-0.4, -0.2) is 16.3 Å². The Morgan fingerprint density at radius 1 is 1.38 bits per heavy atom. The molecule has 0 aromatic carbocycles. The molecule has 1 aromatic heterocycles. The lowest BCUT2D eigenvalue weighted by Gasteiger charge is -2.22. The van der Waals surface area contributed by atoms with Crippen LogP contribution in [0, 0.1) is 0 Å². The summed E-state index contributed by atoms with van der Waals surface area (Å²) in [5.74, 6) is 0.687. The second kappa shape index (κ2) is 5.32. The third kappa shape index (κ3) is 2.33. The van der Waals surface area contributed by atoms with E-state index in [-0.39, 0.29) is 0 Å². The van der Waals surface area contributed by atoms with Crippen LogP contribution in [0.25, 0.3) is 0 Å². The van der Waals surface area contributed by atoms with Crippen LogP contribution in [0.1, 0.15) is 49.4 Å². The van der Waals surface area contributed by atoms with Crippen molar-refractivity contribution in [2.45, 2.75) is 44.4 Å². The van der Waals surface area contributed by atoms with Crippen LogP contribution in [0.4, 0.5) is 0 Å². The molecule has 0 spiro atoms. The molecule has 0 unspecified atom stereocenters. The third-order valence-electron chi connectivity index (χ3n) is 3.47. The number of halogens is 1. The molecule has 0 amide bonds. The maximum Gasteiger partial charge on any atom is 0.0782 e. The highest BCUT2D eigenvalue weighted by Crippen LogP contribution is 2.37. The molecular weight excluding hydrogens is 266 g/mol. The first-order valence-electron chi connectivity index (χ1n) is 6.15. The molecule has 90 valence electrons. The van der Waals surface area contributed by atoms with E-state index in [9.17, 15) is 0 Å². The van der Waals surface area contributed by atoms with E-state index in [2.05, 4.69) is 28.1 Å². The second-order valence-electron chi connectivity index (χ2n) is 4.64. The Morgan fingerprint density at radius 2 is 2.06 bits per heavy atom. The van der Waals surface area contributed by atoms with Gasteiger partial charge in [-0.2, -0.15) is 5.10 Å². The van der Waals surface area contributed by atoms with Gasteiger partial charge in [-0.3, -0.25) is 4.68 Å². The number of aryl methyl sites for hydroxylation is 1. The Labute approximate surface area is 106 Å². The molecule has 0 radical (unpaired) electrons. The van der Waals surface area contributed by atoms with Crippen LogP contribution in [0.15, 0.2) is 4.47 Å². The molecule has 0 aliphatic heterocycles. The zero-order chi connectivity index (χ0) is 11.5. The quantitative estimate of drug-likeness (QED) is 0.928. The normalized spacial score (nSPS) is 17.9. The molecule has 1 saturated carbocycles. The molecule has 2 rings (SSSR count). The van der Waals surface area contributed by atoms with Gasteiger partial charge in [0.25, 0.3) is 0 Å². The Morgan fingerprint density at radius 3 is 2.69 bits per heavy atom. The fourth-order valence-electron chi connectivity index (χ4n) is 2.68. The summed E-state index contributed by atoms with van der Waals surface area (Å²) < 4.78 is 3.25. The van der Waals surface area contributed by atoms with Crippen molar-refractivity contribution in [1.29, 1.82) is 0 Å². The molecule has 1 fully saturated rings. The molecule has 4 heteroatoms. The van der Waals surface area contributed by atoms with Gasteiger partial charge in [-0.05, 0) is 35.3 Å². The summed E-state index contributed by atoms with van der Waals surface area (Å²) in [6.45, 7) is 0.666. The van der Waals surface area contributed by atoms with Gasteiger partial charge in [0.05, 0.1) is 15.9 Å². The Kier molecular flexibility index (Phi) is 4.03. The van der Waals surface area contributed by atoms with Crippen LogP contribution in [0.5, 0.6) is 0 Å². The molecule has 0 atom stereocenters. The smallest absolute Gasteiger partial charge is 0.0782 e. The minimum atomic E-state index is 0.666. The molecule has 0 saturated heterocycles. The van der Waals surface area contributed by atoms with Crippen LogP contribution < -0.4 is 5.73 Å². The minimum Gasteiger partial charge on any atom is -0.330 e. The van der Waals surface area contributed by atoms with E-state index in [0.29, 0.717) is 12.5 Å². The predicted molar refractivity (Wildman–Crippen MR) is 69.5 cm³/mol. The van der Waals surface area contributed by atoms with Gasteiger partial charge < -0.3 is 5.73 Å². The standard InChI is InChI=1S/C12H20BrN3/c1-16-12(9-5-3-2-4-6-9)11(13)10(15-16)7-8-14/h9H,2-8,14H2,1H3. The first kappa shape index (κ1) is 12.1. The van der Waals surface area contributed by atoms with E-state index in [1.807, 2.05) is 4.68 Å². The zero-order valence-electron chi connectivity index (χ0n) is 9.88. The monoisotopic (exact) mass is 285 g/mol.